The summed E-state index contributed by atoms with van der Waals surface area (Å²) in [6, 6.07) is 10.8. The summed E-state index contributed by atoms with van der Waals surface area (Å²) in [6.07, 6.45) is 4.68. The van der Waals surface area contributed by atoms with Gasteiger partial charge in [0, 0.05) is 18.0 Å². The van der Waals surface area contributed by atoms with E-state index in [1.165, 1.54) is 0 Å². The molecular weight excluding hydrogens is 240 g/mol. The predicted octanol–water partition coefficient (Wildman–Crippen LogP) is 2.28. The van der Waals surface area contributed by atoms with Crippen LogP contribution in [0.3, 0.4) is 0 Å². The van der Waals surface area contributed by atoms with E-state index in [2.05, 4.69) is 20.3 Å². The highest BCUT2D eigenvalue weighted by molar-refractivity contribution is 6.03. The molecule has 5 nitrogen and oxygen atoms in total. The van der Waals surface area contributed by atoms with Crippen LogP contribution in [-0.2, 0) is 0 Å². The molecule has 1 aromatic carbocycles. The molecular formula is C14H10N4O. The highest BCUT2D eigenvalue weighted by Crippen LogP contribution is 2.12. The fraction of sp³-hybridized carbons (Fsp3) is 0. The molecule has 0 aliphatic carbocycles. The number of carbonyl (C=O) groups excluding carboxylic acids is 1. The standard InChI is InChI=1S/C14H10N4O/c19-14(10-5-7-15-8-6-10)18-13-9-16-11-3-1-2-4-12(11)17-13/h1-9H,(H,17,18,19). The largest absolute Gasteiger partial charge is 0.305 e. The smallest absolute Gasteiger partial charge is 0.256 e. The summed E-state index contributed by atoms with van der Waals surface area (Å²) in [5, 5.41) is 2.71. The lowest BCUT2D eigenvalue weighted by Gasteiger charge is -2.04. The van der Waals surface area contributed by atoms with Crippen molar-refractivity contribution in [3.63, 3.8) is 0 Å². The minimum absolute atomic E-state index is 0.230. The van der Waals surface area contributed by atoms with Crippen LogP contribution in [0, 0.1) is 0 Å². The Morgan fingerprint density at radius 3 is 2.53 bits per heavy atom. The van der Waals surface area contributed by atoms with Crippen molar-refractivity contribution in [1.29, 1.82) is 0 Å². The van der Waals surface area contributed by atoms with Crippen molar-refractivity contribution in [2.24, 2.45) is 0 Å². The average Bonchev–Trinajstić information content (AvgIpc) is 2.48. The summed E-state index contributed by atoms with van der Waals surface area (Å²) in [5.41, 5.74) is 2.07. The summed E-state index contributed by atoms with van der Waals surface area (Å²) in [5.74, 6) is 0.201. The Morgan fingerprint density at radius 2 is 1.74 bits per heavy atom. The van der Waals surface area contributed by atoms with Gasteiger partial charge in [-0.3, -0.25) is 14.8 Å². The molecule has 3 rings (SSSR count). The third-order valence-electron chi connectivity index (χ3n) is 2.63. The SMILES string of the molecule is O=C(Nc1cnc2ccccc2n1)c1ccncc1. The Morgan fingerprint density at radius 1 is 1.00 bits per heavy atom. The van der Waals surface area contributed by atoms with Crippen LogP contribution in [0.5, 0.6) is 0 Å². The monoisotopic (exact) mass is 250 g/mol. The summed E-state index contributed by atoms with van der Waals surface area (Å²) >= 11 is 0. The van der Waals surface area contributed by atoms with E-state index >= 15 is 0 Å². The van der Waals surface area contributed by atoms with Gasteiger partial charge in [0.25, 0.3) is 5.91 Å². The van der Waals surface area contributed by atoms with Crippen molar-refractivity contribution in [3.8, 4) is 0 Å². The highest BCUT2D eigenvalue weighted by atomic mass is 16.1. The topological polar surface area (TPSA) is 67.8 Å². The van der Waals surface area contributed by atoms with Crippen LogP contribution in [0.2, 0.25) is 0 Å². The van der Waals surface area contributed by atoms with E-state index in [0.29, 0.717) is 11.4 Å². The number of fused-ring (bicyclic) bond motifs is 1. The number of nitrogens with one attached hydrogen (secondary N) is 1. The molecule has 2 heterocycles. The second-order valence-electron chi connectivity index (χ2n) is 3.93. The number of para-hydroxylation sites is 2. The fourth-order valence-corrected chi connectivity index (χ4v) is 1.71. The van der Waals surface area contributed by atoms with Crippen LogP contribution in [0.15, 0.2) is 55.0 Å². The number of hydrogen-bond donors (Lipinski definition) is 1. The summed E-state index contributed by atoms with van der Waals surface area (Å²) in [4.78, 5) is 24.4. The van der Waals surface area contributed by atoms with E-state index in [0.717, 1.165) is 11.0 Å². The predicted molar refractivity (Wildman–Crippen MR) is 71.7 cm³/mol. The lowest BCUT2D eigenvalue weighted by molar-refractivity contribution is 0.102. The first-order valence-electron chi connectivity index (χ1n) is 5.76. The Kier molecular flexibility index (Phi) is 2.86. The minimum Gasteiger partial charge on any atom is -0.305 e. The van der Waals surface area contributed by atoms with E-state index in [1.54, 1.807) is 30.7 Å². The molecule has 0 atom stereocenters. The van der Waals surface area contributed by atoms with Gasteiger partial charge in [0.15, 0.2) is 5.82 Å². The molecule has 19 heavy (non-hydrogen) atoms. The molecule has 0 aliphatic rings. The normalized spacial score (nSPS) is 10.3. The zero-order valence-corrected chi connectivity index (χ0v) is 9.95. The molecule has 0 aliphatic heterocycles. The fourth-order valence-electron chi connectivity index (χ4n) is 1.71. The first kappa shape index (κ1) is 11.3. The number of carbonyl (C=O) groups is 1. The zero-order chi connectivity index (χ0) is 13.1. The Bertz CT molecular complexity index is 728. The van der Waals surface area contributed by atoms with Crippen LogP contribution in [0.1, 0.15) is 10.4 Å². The van der Waals surface area contributed by atoms with Gasteiger partial charge in [-0.15, -0.1) is 0 Å². The van der Waals surface area contributed by atoms with Crippen molar-refractivity contribution in [3.05, 3.63) is 60.6 Å². The van der Waals surface area contributed by atoms with E-state index in [9.17, 15) is 4.79 Å². The summed E-state index contributed by atoms with van der Waals surface area (Å²) in [6.45, 7) is 0. The summed E-state index contributed by atoms with van der Waals surface area (Å²) < 4.78 is 0. The van der Waals surface area contributed by atoms with E-state index in [4.69, 9.17) is 0 Å². The van der Waals surface area contributed by atoms with Gasteiger partial charge in [0.05, 0.1) is 17.2 Å². The van der Waals surface area contributed by atoms with E-state index in [1.807, 2.05) is 24.3 Å². The Balaban J connectivity index is 1.87. The average molecular weight is 250 g/mol. The molecule has 0 fully saturated rings. The highest BCUT2D eigenvalue weighted by Gasteiger charge is 2.07. The molecule has 2 aromatic heterocycles. The van der Waals surface area contributed by atoms with Gasteiger partial charge >= 0.3 is 0 Å². The van der Waals surface area contributed by atoms with Crippen molar-refractivity contribution in [2.75, 3.05) is 5.32 Å². The van der Waals surface area contributed by atoms with Crippen LogP contribution < -0.4 is 5.32 Å². The number of rotatable bonds is 2. The number of nitrogens with zero attached hydrogens (tertiary/aromatic N) is 3. The number of aromatic nitrogens is 3. The molecule has 1 amide bonds. The molecule has 92 valence electrons. The van der Waals surface area contributed by atoms with Crippen molar-refractivity contribution < 1.29 is 4.79 Å². The first-order valence-corrected chi connectivity index (χ1v) is 5.76. The lowest BCUT2D eigenvalue weighted by Crippen LogP contribution is -2.13. The maximum atomic E-state index is 11.9. The van der Waals surface area contributed by atoms with E-state index < -0.39 is 0 Å². The molecule has 0 unspecified atom stereocenters. The van der Waals surface area contributed by atoms with Crippen molar-refractivity contribution >= 4 is 22.8 Å². The number of benzene rings is 1. The molecule has 0 saturated carbocycles. The maximum absolute atomic E-state index is 11.9. The van der Waals surface area contributed by atoms with E-state index in [-0.39, 0.29) is 5.91 Å². The van der Waals surface area contributed by atoms with Crippen LogP contribution in [0.4, 0.5) is 5.82 Å². The van der Waals surface area contributed by atoms with Gasteiger partial charge < -0.3 is 5.32 Å². The molecule has 0 spiro atoms. The number of pyridine rings is 1. The maximum Gasteiger partial charge on any atom is 0.256 e. The van der Waals surface area contributed by atoms with Crippen molar-refractivity contribution in [2.45, 2.75) is 0 Å². The quantitative estimate of drug-likeness (QED) is 0.757. The Hall–Kier alpha value is -2.82. The van der Waals surface area contributed by atoms with Gasteiger partial charge in [-0.1, -0.05) is 12.1 Å². The minimum atomic E-state index is -0.230. The van der Waals surface area contributed by atoms with Crippen LogP contribution >= 0.6 is 0 Å². The molecule has 1 N–H and O–H groups in total. The number of hydrogen-bond acceptors (Lipinski definition) is 4. The van der Waals surface area contributed by atoms with Gasteiger partial charge in [0.1, 0.15) is 0 Å². The van der Waals surface area contributed by atoms with Gasteiger partial charge in [0.2, 0.25) is 0 Å². The zero-order valence-electron chi connectivity index (χ0n) is 9.95. The van der Waals surface area contributed by atoms with Crippen LogP contribution in [-0.4, -0.2) is 20.9 Å². The molecule has 0 saturated heterocycles. The number of amides is 1. The molecule has 5 heteroatoms. The molecule has 3 aromatic rings. The summed E-state index contributed by atoms with van der Waals surface area (Å²) in [7, 11) is 0. The second kappa shape index (κ2) is 4.81. The third-order valence-corrected chi connectivity index (χ3v) is 2.63. The lowest BCUT2D eigenvalue weighted by atomic mass is 10.2. The Labute approximate surface area is 109 Å². The molecule has 0 bridgehead atoms. The number of anilines is 1. The van der Waals surface area contributed by atoms with Crippen LogP contribution in [0.25, 0.3) is 11.0 Å². The van der Waals surface area contributed by atoms with Gasteiger partial charge in [-0.05, 0) is 24.3 Å². The first-order chi connectivity index (χ1) is 9.33. The van der Waals surface area contributed by atoms with Gasteiger partial charge in [-0.25, -0.2) is 4.98 Å². The third kappa shape index (κ3) is 2.40. The van der Waals surface area contributed by atoms with Crippen molar-refractivity contribution in [1.82, 2.24) is 15.0 Å². The van der Waals surface area contributed by atoms with Gasteiger partial charge in [-0.2, -0.15) is 0 Å². The second-order valence-corrected chi connectivity index (χ2v) is 3.93. The molecule has 0 radical (unpaired) electrons.